The fourth-order valence-electron chi connectivity index (χ4n) is 1.42. The molecule has 0 aromatic heterocycles. The fraction of sp³-hybridized carbons (Fsp3) is 0.889. The number of carbonyl (C=O) groups is 1. The molecule has 1 aliphatic rings. The number of hydrogen-bond donors (Lipinski definition) is 0. The zero-order valence-corrected chi connectivity index (χ0v) is 8.72. The maximum Gasteiger partial charge on any atom is 0.251 e. The van der Waals surface area contributed by atoms with Crippen molar-refractivity contribution in [1.29, 1.82) is 0 Å². The minimum absolute atomic E-state index is 0.0698. The molecule has 1 fully saturated rings. The van der Waals surface area contributed by atoms with E-state index in [1.807, 2.05) is 0 Å². The second-order valence-electron chi connectivity index (χ2n) is 3.30. The summed E-state index contributed by atoms with van der Waals surface area (Å²) in [6.45, 7) is 1.31. The summed E-state index contributed by atoms with van der Waals surface area (Å²) in [4.78, 5) is 13.3. The molecule has 1 unspecified atom stereocenters. The number of alkyl halides is 1. The van der Waals surface area contributed by atoms with Gasteiger partial charge in [-0.2, -0.15) is 0 Å². The summed E-state index contributed by atoms with van der Waals surface area (Å²) in [5.41, 5.74) is 0. The predicted molar refractivity (Wildman–Crippen MR) is 51.9 cm³/mol. The summed E-state index contributed by atoms with van der Waals surface area (Å²) in [6.07, 6.45) is 2.79. The lowest BCUT2D eigenvalue weighted by atomic mass is 10.1. The molecule has 0 aromatic carbocycles. The van der Waals surface area contributed by atoms with Gasteiger partial charge in [-0.15, -0.1) is 11.6 Å². The molecule has 0 N–H and O–H groups in total. The van der Waals surface area contributed by atoms with E-state index in [1.165, 1.54) is 0 Å². The first-order valence-corrected chi connectivity index (χ1v) is 5.21. The van der Waals surface area contributed by atoms with Crippen LogP contribution in [0.3, 0.4) is 0 Å². The Bertz CT molecular complexity index is 169. The molecule has 0 radical (unpaired) electrons. The zero-order valence-electron chi connectivity index (χ0n) is 7.96. The van der Waals surface area contributed by atoms with Crippen LogP contribution >= 0.6 is 11.6 Å². The molecule has 1 aliphatic heterocycles. The van der Waals surface area contributed by atoms with Crippen LogP contribution in [-0.2, 0) is 9.53 Å². The number of amides is 1. The largest absolute Gasteiger partial charge is 0.368 e. The number of nitrogens with zero attached hydrogens (tertiary/aromatic N) is 1. The fourth-order valence-corrected chi connectivity index (χ4v) is 1.67. The molecule has 1 heterocycles. The molecule has 76 valence electrons. The number of likely N-dealkylation sites (N-methyl/N-ethyl adjacent to an activating group) is 1. The molecule has 3 nitrogen and oxygen atoms in total. The van der Waals surface area contributed by atoms with Gasteiger partial charge in [-0.3, -0.25) is 4.79 Å². The van der Waals surface area contributed by atoms with E-state index in [-0.39, 0.29) is 12.0 Å². The molecular weight excluding hydrogens is 190 g/mol. The van der Waals surface area contributed by atoms with Gasteiger partial charge in [0.1, 0.15) is 6.10 Å². The van der Waals surface area contributed by atoms with Gasteiger partial charge in [-0.1, -0.05) is 0 Å². The van der Waals surface area contributed by atoms with Crippen molar-refractivity contribution < 1.29 is 9.53 Å². The Morgan fingerprint density at radius 1 is 1.62 bits per heavy atom. The second-order valence-corrected chi connectivity index (χ2v) is 3.68. The quantitative estimate of drug-likeness (QED) is 0.650. The highest BCUT2D eigenvalue weighted by Gasteiger charge is 2.24. The smallest absolute Gasteiger partial charge is 0.251 e. The van der Waals surface area contributed by atoms with Crippen LogP contribution in [0.25, 0.3) is 0 Å². The van der Waals surface area contributed by atoms with E-state index in [0.29, 0.717) is 19.0 Å². The van der Waals surface area contributed by atoms with Gasteiger partial charge in [0.25, 0.3) is 5.91 Å². The van der Waals surface area contributed by atoms with Crippen LogP contribution in [0.1, 0.15) is 19.3 Å². The van der Waals surface area contributed by atoms with Crippen LogP contribution in [-0.4, -0.2) is 43.0 Å². The van der Waals surface area contributed by atoms with E-state index < -0.39 is 0 Å². The van der Waals surface area contributed by atoms with Crippen LogP contribution in [0.5, 0.6) is 0 Å². The molecular formula is C9H16ClNO2. The molecule has 13 heavy (non-hydrogen) atoms. The highest BCUT2D eigenvalue weighted by Crippen LogP contribution is 2.14. The first kappa shape index (κ1) is 10.8. The average Bonchev–Trinajstić information content (AvgIpc) is 2.18. The van der Waals surface area contributed by atoms with E-state index in [4.69, 9.17) is 16.3 Å². The minimum Gasteiger partial charge on any atom is -0.368 e. The van der Waals surface area contributed by atoms with Gasteiger partial charge in [-0.25, -0.2) is 0 Å². The highest BCUT2D eigenvalue weighted by atomic mass is 35.5. The van der Waals surface area contributed by atoms with Crippen LogP contribution in [0, 0.1) is 0 Å². The maximum absolute atomic E-state index is 11.6. The monoisotopic (exact) mass is 205 g/mol. The van der Waals surface area contributed by atoms with Gasteiger partial charge in [0.2, 0.25) is 0 Å². The van der Waals surface area contributed by atoms with E-state index in [1.54, 1.807) is 11.9 Å². The minimum atomic E-state index is -0.220. The van der Waals surface area contributed by atoms with Crippen molar-refractivity contribution in [2.75, 3.05) is 26.1 Å². The second kappa shape index (κ2) is 5.45. The molecule has 0 aromatic rings. The summed E-state index contributed by atoms with van der Waals surface area (Å²) < 4.78 is 5.37. The Kier molecular flexibility index (Phi) is 4.53. The van der Waals surface area contributed by atoms with Crippen molar-refractivity contribution in [3.8, 4) is 0 Å². The molecule has 0 saturated carbocycles. The Hall–Kier alpha value is -0.280. The third-order valence-electron chi connectivity index (χ3n) is 2.25. The van der Waals surface area contributed by atoms with Crippen LogP contribution in [0.15, 0.2) is 0 Å². The van der Waals surface area contributed by atoms with Crippen molar-refractivity contribution in [3.63, 3.8) is 0 Å². The molecule has 0 spiro atoms. The van der Waals surface area contributed by atoms with E-state index in [0.717, 1.165) is 19.3 Å². The predicted octanol–water partition coefficient (Wildman–Crippen LogP) is 1.25. The average molecular weight is 206 g/mol. The summed E-state index contributed by atoms with van der Waals surface area (Å²) >= 11 is 5.54. The van der Waals surface area contributed by atoms with Gasteiger partial charge >= 0.3 is 0 Å². The number of halogens is 1. The molecule has 1 atom stereocenters. The van der Waals surface area contributed by atoms with Gasteiger partial charge < -0.3 is 9.64 Å². The third-order valence-corrected chi connectivity index (χ3v) is 2.42. The SMILES string of the molecule is CN(CCCl)C(=O)C1CCCCO1. The Morgan fingerprint density at radius 2 is 2.38 bits per heavy atom. The van der Waals surface area contributed by atoms with Gasteiger partial charge in [-0.05, 0) is 19.3 Å². The van der Waals surface area contributed by atoms with Crippen LogP contribution in [0.4, 0.5) is 0 Å². The topological polar surface area (TPSA) is 29.5 Å². The molecule has 1 rings (SSSR count). The first-order chi connectivity index (χ1) is 6.25. The standard InChI is InChI=1S/C9H16ClNO2/c1-11(6-5-10)9(12)8-4-2-3-7-13-8/h8H,2-7H2,1H3. The van der Waals surface area contributed by atoms with E-state index >= 15 is 0 Å². The Labute approximate surface area is 84.0 Å². The highest BCUT2D eigenvalue weighted by molar-refractivity contribution is 6.18. The van der Waals surface area contributed by atoms with E-state index in [9.17, 15) is 4.79 Å². The van der Waals surface area contributed by atoms with E-state index in [2.05, 4.69) is 0 Å². The Morgan fingerprint density at radius 3 is 2.92 bits per heavy atom. The normalized spacial score (nSPS) is 22.8. The van der Waals surface area contributed by atoms with Crippen molar-refractivity contribution >= 4 is 17.5 Å². The molecule has 0 bridgehead atoms. The van der Waals surface area contributed by atoms with Crippen molar-refractivity contribution in [2.45, 2.75) is 25.4 Å². The Balaban J connectivity index is 2.36. The van der Waals surface area contributed by atoms with Crippen molar-refractivity contribution in [2.24, 2.45) is 0 Å². The lowest BCUT2D eigenvalue weighted by Gasteiger charge is -2.26. The molecule has 1 saturated heterocycles. The number of carbonyl (C=O) groups excluding carboxylic acids is 1. The summed E-state index contributed by atoms with van der Waals surface area (Å²) in [6, 6.07) is 0. The van der Waals surface area contributed by atoms with Gasteiger partial charge in [0.05, 0.1) is 0 Å². The summed E-state index contributed by atoms with van der Waals surface area (Å²) in [5.74, 6) is 0.551. The maximum atomic E-state index is 11.6. The molecule has 1 amide bonds. The van der Waals surface area contributed by atoms with Crippen molar-refractivity contribution in [3.05, 3.63) is 0 Å². The van der Waals surface area contributed by atoms with Gasteiger partial charge in [0.15, 0.2) is 0 Å². The molecule has 4 heteroatoms. The first-order valence-electron chi connectivity index (χ1n) is 4.68. The van der Waals surface area contributed by atoms with Crippen LogP contribution in [0.2, 0.25) is 0 Å². The van der Waals surface area contributed by atoms with Crippen LogP contribution < -0.4 is 0 Å². The zero-order chi connectivity index (χ0) is 9.68. The summed E-state index contributed by atoms with van der Waals surface area (Å²) in [7, 11) is 1.77. The number of ether oxygens (including phenoxy) is 1. The summed E-state index contributed by atoms with van der Waals surface area (Å²) in [5, 5.41) is 0. The third kappa shape index (κ3) is 3.16. The van der Waals surface area contributed by atoms with Crippen molar-refractivity contribution in [1.82, 2.24) is 4.90 Å². The number of rotatable bonds is 3. The van der Waals surface area contributed by atoms with Gasteiger partial charge in [0, 0.05) is 26.1 Å². The molecule has 0 aliphatic carbocycles. The lowest BCUT2D eigenvalue weighted by molar-refractivity contribution is -0.144. The lowest BCUT2D eigenvalue weighted by Crippen LogP contribution is -2.40. The number of hydrogen-bond acceptors (Lipinski definition) is 2.